The summed E-state index contributed by atoms with van der Waals surface area (Å²) in [5.74, 6) is -1.14. The van der Waals surface area contributed by atoms with E-state index in [-0.39, 0.29) is 37.3 Å². The van der Waals surface area contributed by atoms with Crippen LogP contribution in [0.3, 0.4) is 0 Å². The second-order valence-corrected chi connectivity index (χ2v) is 10.9. The predicted molar refractivity (Wildman–Crippen MR) is 140 cm³/mol. The molecular formula is C29H32O14. The van der Waals surface area contributed by atoms with E-state index in [4.69, 9.17) is 47.4 Å². The highest BCUT2D eigenvalue weighted by atomic mass is 16.9. The molecule has 10 atom stereocenters. The average molecular weight is 605 g/mol. The Morgan fingerprint density at radius 3 is 2.23 bits per heavy atom. The third-order valence-electron chi connectivity index (χ3n) is 8.76. The first-order chi connectivity index (χ1) is 20.8. The van der Waals surface area contributed by atoms with Gasteiger partial charge >= 0.3 is 5.97 Å². The number of aliphatic hydroxyl groups excluding tert-OH is 2. The Kier molecular flexibility index (Phi) is 7.24. The first-order valence-electron chi connectivity index (χ1n) is 13.8. The number of hydrogen-bond acceptors (Lipinski definition) is 14. The number of aliphatic hydroxyl groups is 2. The molecule has 3 fully saturated rings. The molecule has 232 valence electrons. The number of methoxy groups -OCH3 is 3. The van der Waals surface area contributed by atoms with Gasteiger partial charge in [0.2, 0.25) is 12.5 Å². The molecule has 43 heavy (non-hydrogen) atoms. The van der Waals surface area contributed by atoms with Crippen molar-refractivity contribution in [2.75, 3.05) is 41.3 Å². The van der Waals surface area contributed by atoms with E-state index < -0.39 is 67.0 Å². The number of phenolic OH excluding ortho intramolecular Hbond substituents is 1. The van der Waals surface area contributed by atoms with Gasteiger partial charge in [-0.15, -0.1) is 0 Å². The van der Waals surface area contributed by atoms with Crippen molar-refractivity contribution in [3.63, 3.8) is 0 Å². The van der Waals surface area contributed by atoms with Crippen molar-refractivity contribution in [1.82, 2.24) is 0 Å². The molecular weight excluding hydrogens is 572 g/mol. The SMILES string of the molecule is COc1cc([C@@H]2c3cc4c(cc3[C@@H](O[C@@H]3O[C@@H]5CO[C@H](OC)O[C@H]5[C@H](O)[C@H]3O)[C@H]3COC(=O)[C@H]23)OCO4)cc(OC)c1O. The maximum absolute atomic E-state index is 13.4. The summed E-state index contributed by atoms with van der Waals surface area (Å²) in [7, 11) is 4.25. The third-order valence-corrected chi connectivity index (χ3v) is 8.76. The minimum atomic E-state index is -1.49. The summed E-state index contributed by atoms with van der Waals surface area (Å²) in [4.78, 5) is 13.4. The number of rotatable bonds is 6. The van der Waals surface area contributed by atoms with Crippen molar-refractivity contribution < 1.29 is 67.5 Å². The molecule has 0 saturated carbocycles. The van der Waals surface area contributed by atoms with Gasteiger partial charge in [-0.2, -0.15) is 0 Å². The number of aromatic hydroxyl groups is 1. The van der Waals surface area contributed by atoms with Crippen LogP contribution in [0.2, 0.25) is 0 Å². The lowest BCUT2D eigenvalue weighted by molar-refractivity contribution is -0.404. The molecule has 1 aliphatic carbocycles. The number of hydrogen-bond donors (Lipinski definition) is 3. The fraction of sp³-hybridized carbons (Fsp3) is 0.552. The molecule has 0 aromatic heterocycles. The number of esters is 1. The average Bonchev–Trinajstić information content (AvgIpc) is 3.65. The topological polar surface area (TPSA) is 170 Å². The van der Waals surface area contributed by atoms with E-state index in [1.165, 1.54) is 21.3 Å². The highest BCUT2D eigenvalue weighted by molar-refractivity contribution is 5.79. The van der Waals surface area contributed by atoms with Gasteiger partial charge < -0.3 is 62.7 Å². The maximum atomic E-state index is 13.4. The quantitative estimate of drug-likeness (QED) is 0.398. The van der Waals surface area contributed by atoms with Crippen LogP contribution in [-0.4, -0.2) is 99.8 Å². The van der Waals surface area contributed by atoms with Crippen molar-refractivity contribution in [2.24, 2.45) is 11.8 Å². The molecule has 0 radical (unpaired) electrons. The number of carbonyl (C=O) groups excluding carboxylic acids is 1. The van der Waals surface area contributed by atoms with Gasteiger partial charge in [0.15, 0.2) is 29.3 Å². The van der Waals surface area contributed by atoms with Crippen LogP contribution in [0.1, 0.15) is 28.7 Å². The van der Waals surface area contributed by atoms with Crippen molar-refractivity contribution >= 4 is 5.97 Å². The fourth-order valence-electron chi connectivity index (χ4n) is 6.71. The van der Waals surface area contributed by atoms with Crippen LogP contribution in [0, 0.1) is 11.8 Å². The number of phenols is 1. The van der Waals surface area contributed by atoms with Gasteiger partial charge in [-0.05, 0) is 41.0 Å². The zero-order valence-electron chi connectivity index (χ0n) is 23.5. The van der Waals surface area contributed by atoms with Crippen LogP contribution in [0.25, 0.3) is 0 Å². The van der Waals surface area contributed by atoms with E-state index in [2.05, 4.69) is 0 Å². The molecule has 2 aromatic rings. The molecule has 3 saturated heterocycles. The maximum Gasteiger partial charge on any atom is 0.310 e. The summed E-state index contributed by atoms with van der Waals surface area (Å²) in [6.45, 7) is -0.918. The summed E-state index contributed by atoms with van der Waals surface area (Å²) >= 11 is 0. The van der Waals surface area contributed by atoms with Gasteiger partial charge in [0.25, 0.3) is 6.48 Å². The number of benzene rings is 2. The highest BCUT2D eigenvalue weighted by Crippen LogP contribution is 2.57. The fourth-order valence-corrected chi connectivity index (χ4v) is 6.71. The number of carbonyl (C=O) groups is 1. The largest absolute Gasteiger partial charge is 0.502 e. The van der Waals surface area contributed by atoms with Crippen LogP contribution in [-0.2, 0) is 33.2 Å². The summed E-state index contributed by atoms with van der Waals surface area (Å²) in [5.41, 5.74) is 1.97. The van der Waals surface area contributed by atoms with E-state index in [0.29, 0.717) is 28.2 Å². The minimum absolute atomic E-state index is 0.0202. The Labute approximate surface area is 245 Å². The molecule has 14 heteroatoms. The molecule has 4 aliphatic heterocycles. The lowest BCUT2D eigenvalue weighted by Gasteiger charge is -2.47. The lowest BCUT2D eigenvalue weighted by atomic mass is 9.66. The molecule has 0 bridgehead atoms. The van der Waals surface area contributed by atoms with Crippen molar-refractivity contribution in [3.8, 4) is 28.7 Å². The van der Waals surface area contributed by atoms with Gasteiger partial charge in [0, 0.05) is 18.9 Å². The van der Waals surface area contributed by atoms with Gasteiger partial charge in [0.05, 0.1) is 39.5 Å². The molecule has 3 N–H and O–H groups in total. The minimum Gasteiger partial charge on any atom is -0.502 e. The van der Waals surface area contributed by atoms with Crippen molar-refractivity contribution in [1.29, 1.82) is 0 Å². The van der Waals surface area contributed by atoms with Crippen LogP contribution in [0.4, 0.5) is 0 Å². The summed E-state index contributed by atoms with van der Waals surface area (Å²) in [5, 5.41) is 32.6. The molecule has 0 amide bonds. The van der Waals surface area contributed by atoms with E-state index >= 15 is 0 Å². The molecule has 0 unspecified atom stereocenters. The Morgan fingerprint density at radius 2 is 1.56 bits per heavy atom. The van der Waals surface area contributed by atoms with Gasteiger partial charge in [-0.3, -0.25) is 4.79 Å². The normalized spacial score (nSPS) is 35.9. The van der Waals surface area contributed by atoms with E-state index in [0.717, 1.165) is 0 Å². The monoisotopic (exact) mass is 604 g/mol. The number of fused-ring (bicyclic) bond motifs is 4. The smallest absolute Gasteiger partial charge is 0.310 e. The highest BCUT2D eigenvalue weighted by Gasteiger charge is 2.56. The van der Waals surface area contributed by atoms with E-state index in [9.17, 15) is 20.1 Å². The molecule has 2 aromatic carbocycles. The summed E-state index contributed by atoms with van der Waals surface area (Å²) in [6, 6.07) is 6.89. The van der Waals surface area contributed by atoms with E-state index in [1.54, 1.807) is 24.3 Å². The standard InChI is InChI=1S/C29H32O14/c1-34-17-4-11(5-18(35-2)22(17)30)20-12-6-15-16(40-10-39-15)7-13(12)25(14-8-37-27(33)21(14)20)42-28-24(32)23(31)26-19(41-28)9-38-29(36-3)43-26/h4-7,14,19-21,23-26,28-32H,8-10H2,1-3H3/t14-,19+,20+,21-,23+,24+,25+,26+,28-,29-/m0/s1. The zero-order chi connectivity index (χ0) is 30.0. The van der Waals surface area contributed by atoms with Gasteiger partial charge in [0.1, 0.15) is 24.4 Å². The van der Waals surface area contributed by atoms with Crippen LogP contribution in [0.5, 0.6) is 28.7 Å². The Morgan fingerprint density at radius 1 is 0.860 bits per heavy atom. The van der Waals surface area contributed by atoms with Crippen LogP contribution in [0.15, 0.2) is 24.3 Å². The molecule has 14 nitrogen and oxygen atoms in total. The van der Waals surface area contributed by atoms with Gasteiger partial charge in [-0.25, -0.2) is 0 Å². The van der Waals surface area contributed by atoms with Crippen LogP contribution >= 0.6 is 0 Å². The number of cyclic esters (lactones) is 1. The Bertz CT molecular complexity index is 1370. The first-order valence-corrected chi connectivity index (χ1v) is 13.8. The Hall–Kier alpha value is -3.37. The van der Waals surface area contributed by atoms with Crippen LogP contribution < -0.4 is 18.9 Å². The summed E-state index contributed by atoms with van der Waals surface area (Å²) < 4.78 is 56.4. The van der Waals surface area contributed by atoms with Crippen molar-refractivity contribution in [3.05, 3.63) is 41.0 Å². The Balaban J connectivity index is 1.30. The predicted octanol–water partition coefficient (Wildman–Crippen LogP) is 0.923. The molecule has 7 rings (SSSR count). The summed E-state index contributed by atoms with van der Waals surface area (Å²) in [6.07, 6.45) is -6.64. The second kappa shape index (κ2) is 11.0. The third kappa shape index (κ3) is 4.56. The zero-order valence-corrected chi connectivity index (χ0v) is 23.5. The van der Waals surface area contributed by atoms with Gasteiger partial charge in [-0.1, -0.05) is 0 Å². The second-order valence-electron chi connectivity index (χ2n) is 10.9. The van der Waals surface area contributed by atoms with E-state index in [1.807, 2.05) is 0 Å². The molecule has 0 spiro atoms. The first kappa shape index (κ1) is 28.4. The molecule has 4 heterocycles. The number of ether oxygens (including phenoxy) is 10. The lowest BCUT2D eigenvalue weighted by Crippen LogP contribution is -2.63. The molecule has 5 aliphatic rings. The van der Waals surface area contributed by atoms with Crippen molar-refractivity contribution in [2.45, 2.75) is 49.2 Å².